The van der Waals surface area contributed by atoms with Crippen LogP contribution in [0.25, 0.3) is 0 Å². The van der Waals surface area contributed by atoms with Crippen molar-refractivity contribution >= 4 is 23.2 Å². The van der Waals surface area contributed by atoms with Crippen molar-refractivity contribution in [3.63, 3.8) is 0 Å². The van der Waals surface area contributed by atoms with E-state index in [9.17, 15) is 0 Å². The molecule has 0 aromatic rings. The largest absolute Gasteiger partial charge is 0.251 e. The predicted octanol–water partition coefficient (Wildman–Crippen LogP) is 4.34. The van der Waals surface area contributed by atoms with Gasteiger partial charge in [0.25, 0.3) is 0 Å². The first kappa shape index (κ1) is 15.0. The summed E-state index contributed by atoms with van der Waals surface area (Å²) in [5, 5.41) is 9.04. The topological polar surface area (TPSA) is 29.5 Å². The van der Waals surface area contributed by atoms with Gasteiger partial charge in [0.1, 0.15) is 6.10 Å². The number of allylic oxidation sites excluding steroid dienone is 2. The molecule has 0 amide bonds. The Labute approximate surface area is 101 Å². The molecular weight excluding hydrogens is 235 g/mol. The average molecular weight is 253 g/mol. The molecule has 0 spiro atoms. The van der Waals surface area contributed by atoms with Gasteiger partial charge < -0.3 is 0 Å². The van der Waals surface area contributed by atoms with Crippen LogP contribution in [0.15, 0.2) is 23.8 Å². The van der Waals surface area contributed by atoms with Gasteiger partial charge >= 0.3 is 0 Å². The molecule has 0 aliphatic carbocycles. The zero-order valence-corrected chi connectivity index (χ0v) is 10.5. The lowest BCUT2D eigenvalue weighted by molar-refractivity contribution is -0.267. The third-order valence-electron chi connectivity index (χ3n) is 1.99. The summed E-state index contributed by atoms with van der Waals surface area (Å²) < 4.78 is 0. The van der Waals surface area contributed by atoms with Gasteiger partial charge in [-0.3, -0.25) is 5.26 Å². The Morgan fingerprint density at radius 3 is 2.73 bits per heavy atom. The Hall–Kier alpha value is -0.0200. The van der Waals surface area contributed by atoms with Crippen molar-refractivity contribution < 1.29 is 10.1 Å². The van der Waals surface area contributed by atoms with E-state index in [1.807, 2.05) is 0 Å². The highest BCUT2D eigenvalue weighted by Gasteiger charge is 2.08. The van der Waals surface area contributed by atoms with Crippen LogP contribution in [-0.2, 0) is 4.89 Å². The molecule has 2 unspecified atom stereocenters. The number of rotatable bonds is 8. The SMILES string of the molecule is C=CC(Cl)C/C(Cl)=C/C(CCCC)OO. The molecule has 15 heavy (non-hydrogen) atoms. The fraction of sp³-hybridized carbons (Fsp3) is 0.636. The summed E-state index contributed by atoms with van der Waals surface area (Å²) in [6, 6.07) is 0. The van der Waals surface area contributed by atoms with Crippen molar-refractivity contribution in [3.05, 3.63) is 23.8 Å². The van der Waals surface area contributed by atoms with Crippen LogP contribution >= 0.6 is 23.2 Å². The lowest BCUT2D eigenvalue weighted by Gasteiger charge is -2.09. The number of unbranched alkanes of at least 4 members (excludes halogenated alkanes) is 1. The molecule has 2 atom stereocenters. The Bertz CT molecular complexity index is 205. The van der Waals surface area contributed by atoms with Gasteiger partial charge in [-0.15, -0.1) is 18.2 Å². The molecule has 0 heterocycles. The Balaban J connectivity index is 4.09. The fourth-order valence-corrected chi connectivity index (χ4v) is 1.66. The summed E-state index contributed by atoms with van der Waals surface area (Å²) in [7, 11) is 0. The van der Waals surface area contributed by atoms with Crippen LogP contribution in [0.5, 0.6) is 0 Å². The first-order chi connectivity index (χ1) is 7.13. The molecule has 0 radical (unpaired) electrons. The van der Waals surface area contributed by atoms with E-state index in [0.29, 0.717) is 11.5 Å². The van der Waals surface area contributed by atoms with Gasteiger partial charge in [-0.1, -0.05) is 37.4 Å². The van der Waals surface area contributed by atoms with Crippen molar-refractivity contribution in [3.8, 4) is 0 Å². The van der Waals surface area contributed by atoms with Crippen LogP contribution in [0.1, 0.15) is 32.6 Å². The normalized spacial score (nSPS) is 16.1. The van der Waals surface area contributed by atoms with Gasteiger partial charge in [-0.2, -0.15) is 0 Å². The highest BCUT2D eigenvalue weighted by atomic mass is 35.5. The van der Waals surface area contributed by atoms with E-state index in [0.717, 1.165) is 19.3 Å². The minimum Gasteiger partial charge on any atom is -0.251 e. The number of alkyl halides is 1. The summed E-state index contributed by atoms with van der Waals surface area (Å²) in [4.78, 5) is 4.31. The van der Waals surface area contributed by atoms with E-state index in [-0.39, 0.29) is 11.5 Å². The molecule has 0 rings (SSSR count). The summed E-state index contributed by atoms with van der Waals surface area (Å²) in [6.45, 7) is 5.64. The minimum absolute atomic E-state index is 0.181. The lowest BCUT2D eigenvalue weighted by atomic mass is 10.1. The third-order valence-corrected chi connectivity index (χ3v) is 2.60. The highest BCUT2D eigenvalue weighted by Crippen LogP contribution is 2.18. The van der Waals surface area contributed by atoms with E-state index >= 15 is 0 Å². The van der Waals surface area contributed by atoms with Gasteiger partial charge in [0.2, 0.25) is 0 Å². The van der Waals surface area contributed by atoms with Crippen molar-refractivity contribution in [2.45, 2.75) is 44.1 Å². The van der Waals surface area contributed by atoms with Crippen LogP contribution in [-0.4, -0.2) is 16.7 Å². The zero-order chi connectivity index (χ0) is 11.7. The third kappa shape index (κ3) is 7.86. The van der Waals surface area contributed by atoms with Gasteiger partial charge in [0.05, 0.1) is 5.38 Å². The molecule has 4 heteroatoms. The lowest BCUT2D eigenvalue weighted by Crippen LogP contribution is -2.08. The number of hydrogen-bond donors (Lipinski definition) is 1. The quantitative estimate of drug-likeness (QED) is 0.302. The number of halogens is 2. The summed E-state index contributed by atoms with van der Waals surface area (Å²) in [5.74, 6) is 0. The van der Waals surface area contributed by atoms with Gasteiger partial charge in [0, 0.05) is 11.5 Å². The molecule has 0 aliphatic rings. The summed E-state index contributed by atoms with van der Waals surface area (Å²) in [6.07, 6.45) is 6.27. The Morgan fingerprint density at radius 1 is 1.60 bits per heavy atom. The minimum atomic E-state index is -0.342. The van der Waals surface area contributed by atoms with Gasteiger partial charge in [-0.25, -0.2) is 4.89 Å². The van der Waals surface area contributed by atoms with Crippen molar-refractivity contribution in [2.24, 2.45) is 0 Å². The van der Waals surface area contributed by atoms with Crippen LogP contribution in [0.4, 0.5) is 0 Å². The molecule has 0 saturated heterocycles. The monoisotopic (exact) mass is 252 g/mol. The van der Waals surface area contributed by atoms with Crippen LogP contribution < -0.4 is 0 Å². The van der Waals surface area contributed by atoms with Crippen molar-refractivity contribution in [2.75, 3.05) is 0 Å². The average Bonchev–Trinajstić information content (AvgIpc) is 2.23. The van der Waals surface area contributed by atoms with Crippen LogP contribution in [0, 0.1) is 0 Å². The zero-order valence-electron chi connectivity index (χ0n) is 8.96. The first-order valence-corrected chi connectivity index (χ1v) is 5.88. The second-order valence-electron chi connectivity index (χ2n) is 3.36. The maximum atomic E-state index is 8.64. The molecule has 0 bridgehead atoms. The van der Waals surface area contributed by atoms with Crippen LogP contribution in [0.2, 0.25) is 0 Å². The predicted molar refractivity (Wildman–Crippen MR) is 65.4 cm³/mol. The molecule has 0 aromatic carbocycles. The molecule has 88 valence electrons. The molecule has 0 fully saturated rings. The standard InChI is InChI=1S/C11H18Cl2O2/c1-3-5-6-11(15-14)8-10(13)7-9(12)4-2/h4,8-9,11,14H,2-3,5-7H2,1H3/b10-8-. The van der Waals surface area contributed by atoms with Gasteiger partial charge in [0.15, 0.2) is 0 Å². The van der Waals surface area contributed by atoms with Crippen LogP contribution in [0.3, 0.4) is 0 Å². The van der Waals surface area contributed by atoms with Crippen molar-refractivity contribution in [1.82, 2.24) is 0 Å². The molecule has 1 N–H and O–H groups in total. The highest BCUT2D eigenvalue weighted by molar-refractivity contribution is 6.30. The number of hydrogen-bond acceptors (Lipinski definition) is 2. The second kappa shape index (κ2) is 9.22. The molecule has 0 aliphatic heterocycles. The van der Waals surface area contributed by atoms with Crippen molar-refractivity contribution in [1.29, 1.82) is 0 Å². The smallest absolute Gasteiger partial charge is 0.112 e. The summed E-state index contributed by atoms with van der Waals surface area (Å²) >= 11 is 11.8. The van der Waals surface area contributed by atoms with E-state index in [1.165, 1.54) is 0 Å². The Kier molecular flexibility index (Phi) is 9.21. The maximum absolute atomic E-state index is 8.64. The molecule has 0 saturated carbocycles. The van der Waals surface area contributed by atoms with E-state index in [4.69, 9.17) is 28.5 Å². The summed E-state index contributed by atoms with van der Waals surface area (Å²) in [5.41, 5.74) is 0. The Morgan fingerprint density at radius 2 is 2.27 bits per heavy atom. The molecule has 2 nitrogen and oxygen atoms in total. The molecular formula is C11H18Cl2O2. The first-order valence-electron chi connectivity index (χ1n) is 5.07. The fourth-order valence-electron chi connectivity index (χ4n) is 1.11. The van der Waals surface area contributed by atoms with E-state index < -0.39 is 0 Å². The van der Waals surface area contributed by atoms with E-state index in [1.54, 1.807) is 12.2 Å². The molecule has 0 aromatic heterocycles. The maximum Gasteiger partial charge on any atom is 0.112 e. The second-order valence-corrected chi connectivity index (χ2v) is 4.40. The van der Waals surface area contributed by atoms with E-state index in [2.05, 4.69) is 18.4 Å². The van der Waals surface area contributed by atoms with Gasteiger partial charge in [-0.05, 0) is 12.5 Å².